The maximum Gasteiger partial charge on any atom is 0.433 e. The Balaban J connectivity index is 2.33. The van der Waals surface area contributed by atoms with Gasteiger partial charge in [-0.2, -0.15) is 13.2 Å². The summed E-state index contributed by atoms with van der Waals surface area (Å²) in [7, 11) is 0. The molecule has 0 saturated heterocycles. The van der Waals surface area contributed by atoms with Crippen molar-refractivity contribution in [3.8, 4) is 11.1 Å². The lowest BCUT2D eigenvalue weighted by Crippen LogP contribution is -2.09. The van der Waals surface area contributed by atoms with E-state index in [9.17, 15) is 18.0 Å². The van der Waals surface area contributed by atoms with Crippen molar-refractivity contribution in [3.05, 3.63) is 53.7 Å². The number of nitrogens with two attached hydrogens (primary N) is 1. The molecule has 5 nitrogen and oxygen atoms in total. The summed E-state index contributed by atoms with van der Waals surface area (Å²) in [6.45, 7) is 0. The summed E-state index contributed by atoms with van der Waals surface area (Å²) in [6, 6.07) is 9.47. The van der Waals surface area contributed by atoms with Gasteiger partial charge in [-0.3, -0.25) is 0 Å². The summed E-state index contributed by atoms with van der Waals surface area (Å²) in [5, 5.41) is 9.42. The minimum atomic E-state index is -4.67. The Morgan fingerprint density at radius 3 is 2.50 bits per heavy atom. The fraction of sp³-hybridized carbons (Fsp3) is 0.0625. The lowest BCUT2D eigenvalue weighted by molar-refractivity contribution is -0.140. The molecule has 0 aliphatic heterocycles. The third-order valence-electron chi connectivity index (χ3n) is 3.41. The highest BCUT2D eigenvalue weighted by Gasteiger charge is 2.33. The smallest absolute Gasteiger partial charge is 0.433 e. The predicted molar refractivity (Wildman–Crippen MR) is 81.3 cm³/mol. The minimum Gasteiger partial charge on any atom is -0.478 e. The number of aromatic nitrogens is 2. The maximum atomic E-state index is 13.1. The Morgan fingerprint density at radius 1 is 1.08 bits per heavy atom. The zero-order valence-electron chi connectivity index (χ0n) is 12.0. The number of aromatic carboxylic acids is 1. The van der Waals surface area contributed by atoms with E-state index in [1.165, 1.54) is 36.4 Å². The molecule has 3 rings (SSSR count). The SMILES string of the molecule is Nc1ccc2c(-c3cccc(C(=O)O)c3)cc(C(F)(F)F)nc2n1. The van der Waals surface area contributed by atoms with Crippen molar-refractivity contribution in [2.24, 2.45) is 0 Å². The van der Waals surface area contributed by atoms with E-state index in [1.807, 2.05) is 0 Å². The summed E-state index contributed by atoms with van der Waals surface area (Å²) < 4.78 is 39.3. The van der Waals surface area contributed by atoms with Crippen LogP contribution in [0.25, 0.3) is 22.2 Å². The van der Waals surface area contributed by atoms with E-state index in [2.05, 4.69) is 9.97 Å². The van der Waals surface area contributed by atoms with Gasteiger partial charge in [0.05, 0.1) is 5.56 Å². The minimum absolute atomic E-state index is 0.0329. The number of halogens is 3. The molecule has 122 valence electrons. The van der Waals surface area contributed by atoms with Crippen LogP contribution in [0.3, 0.4) is 0 Å². The Hall–Kier alpha value is -3.16. The lowest BCUT2D eigenvalue weighted by atomic mass is 9.99. The second-order valence-corrected chi connectivity index (χ2v) is 5.05. The van der Waals surface area contributed by atoms with E-state index in [1.54, 1.807) is 0 Å². The molecule has 0 fully saturated rings. The van der Waals surface area contributed by atoms with Gasteiger partial charge in [0.25, 0.3) is 0 Å². The van der Waals surface area contributed by atoms with Crippen LogP contribution in [0.2, 0.25) is 0 Å². The van der Waals surface area contributed by atoms with E-state index in [0.717, 1.165) is 6.07 Å². The number of anilines is 1. The summed E-state index contributed by atoms with van der Waals surface area (Å²) >= 11 is 0. The fourth-order valence-electron chi connectivity index (χ4n) is 2.32. The second kappa shape index (κ2) is 5.48. The Labute approximate surface area is 133 Å². The molecule has 0 spiro atoms. The van der Waals surface area contributed by atoms with Crippen LogP contribution in [0, 0.1) is 0 Å². The van der Waals surface area contributed by atoms with Gasteiger partial charge in [0.15, 0.2) is 5.65 Å². The maximum absolute atomic E-state index is 13.1. The van der Waals surface area contributed by atoms with E-state index >= 15 is 0 Å². The lowest BCUT2D eigenvalue weighted by Gasteiger charge is -2.12. The number of carboxylic acids is 1. The van der Waals surface area contributed by atoms with Crippen LogP contribution in [-0.2, 0) is 6.18 Å². The highest BCUT2D eigenvalue weighted by atomic mass is 19.4. The summed E-state index contributed by atoms with van der Waals surface area (Å²) in [5.74, 6) is -1.13. The number of benzene rings is 1. The van der Waals surface area contributed by atoms with Crippen LogP contribution in [0.15, 0.2) is 42.5 Å². The van der Waals surface area contributed by atoms with Gasteiger partial charge in [-0.25, -0.2) is 14.8 Å². The van der Waals surface area contributed by atoms with E-state index in [-0.39, 0.29) is 22.6 Å². The molecule has 8 heteroatoms. The largest absolute Gasteiger partial charge is 0.478 e. The van der Waals surface area contributed by atoms with Crippen molar-refractivity contribution in [2.75, 3.05) is 5.73 Å². The number of carboxylic acid groups (broad SMARTS) is 1. The first kappa shape index (κ1) is 15.7. The van der Waals surface area contributed by atoms with Crippen LogP contribution >= 0.6 is 0 Å². The Bertz CT molecular complexity index is 955. The van der Waals surface area contributed by atoms with Crippen LogP contribution in [0.4, 0.5) is 19.0 Å². The van der Waals surface area contributed by atoms with Gasteiger partial charge in [-0.15, -0.1) is 0 Å². The number of nitrogen functional groups attached to an aromatic ring is 1. The Morgan fingerprint density at radius 2 is 1.83 bits per heavy atom. The van der Waals surface area contributed by atoms with Crippen molar-refractivity contribution in [1.82, 2.24) is 9.97 Å². The van der Waals surface area contributed by atoms with Gasteiger partial charge in [-0.05, 0) is 41.5 Å². The molecule has 2 aromatic heterocycles. The number of carbonyl (C=O) groups is 1. The van der Waals surface area contributed by atoms with Gasteiger partial charge < -0.3 is 10.8 Å². The number of nitrogens with zero attached hydrogens (tertiary/aromatic N) is 2. The quantitative estimate of drug-likeness (QED) is 0.748. The van der Waals surface area contributed by atoms with Gasteiger partial charge in [0, 0.05) is 5.39 Å². The molecule has 24 heavy (non-hydrogen) atoms. The molecule has 1 aromatic carbocycles. The summed E-state index contributed by atoms with van der Waals surface area (Å²) in [5.41, 5.74) is 4.72. The molecule has 0 aliphatic rings. The third-order valence-corrected chi connectivity index (χ3v) is 3.41. The standard InChI is InChI=1S/C16H10F3N3O2/c17-16(18,19)12-7-11(8-2-1-3-9(6-8)15(23)24)10-4-5-13(20)22-14(10)21-12/h1-7H,(H,23,24)(H2,20,21,22). The average Bonchev–Trinajstić information content (AvgIpc) is 2.52. The first-order valence-electron chi connectivity index (χ1n) is 6.74. The zero-order valence-corrected chi connectivity index (χ0v) is 12.0. The topological polar surface area (TPSA) is 89.1 Å². The first-order valence-corrected chi connectivity index (χ1v) is 6.74. The van der Waals surface area contributed by atoms with Crippen molar-refractivity contribution in [3.63, 3.8) is 0 Å². The molecule has 0 amide bonds. The van der Waals surface area contributed by atoms with Crippen LogP contribution in [0.1, 0.15) is 16.1 Å². The molecule has 0 unspecified atom stereocenters. The van der Waals surface area contributed by atoms with Crippen molar-refractivity contribution in [2.45, 2.75) is 6.18 Å². The van der Waals surface area contributed by atoms with Crippen molar-refractivity contribution in [1.29, 1.82) is 0 Å². The number of hydrogen-bond acceptors (Lipinski definition) is 4. The zero-order chi connectivity index (χ0) is 17.5. The highest BCUT2D eigenvalue weighted by molar-refractivity contribution is 5.96. The van der Waals surface area contributed by atoms with Crippen molar-refractivity contribution >= 4 is 22.8 Å². The van der Waals surface area contributed by atoms with Gasteiger partial charge >= 0.3 is 12.1 Å². The molecule has 3 N–H and O–H groups in total. The normalized spacial score (nSPS) is 11.6. The molecule has 0 aliphatic carbocycles. The molecular weight excluding hydrogens is 323 g/mol. The van der Waals surface area contributed by atoms with Crippen LogP contribution in [0.5, 0.6) is 0 Å². The van der Waals surface area contributed by atoms with Gasteiger partial charge in [-0.1, -0.05) is 12.1 Å². The molecular formula is C16H10F3N3O2. The molecule has 0 bridgehead atoms. The number of rotatable bonds is 2. The number of hydrogen-bond donors (Lipinski definition) is 2. The number of pyridine rings is 2. The van der Waals surface area contributed by atoms with Gasteiger partial charge in [0.2, 0.25) is 0 Å². The van der Waals surface area contributed by atoms with Crippen molar-refractivity contribution < 1.29 is 23.1 Å². The van der Waals surface area contributed by atoms with Crippen LogP contribution < -0.4 is 5.73 Å². The molecule has 0 saturated carbocycles. The van der Waals surface area contributed by atoms with E-state index in [0.29, 0.717) is 10.9 Å². The number of fused-ring (bicyclic) bond motifs is 1. The fourth-order valence-corrected chi connectivity index (χ4v) is 2.32. The number of alkyl halides is 3. The molecule has 0 radical (unpaired) electrons. The van der Waals surface area contributed by atoms with E-state index < -0.39 is 17.8 Å². The Kier molecular flexibility index (Phi) is 3.59. The molecule has 2 heterocycles. The first-order chi connectivity index (χ1) is 11.3. The van der Waals surface area contributed by atoms with Gasteiger partial charge in [0.1, 0.15) is 11.5 Å². The van der Waals surface area contributed by atoms with Crippen LogP contribution in [-0.4, -0.2) is 21.0 Å². The summed E-state index contributed by atoms with van der Waals surface area (Å²) in [6.07, 6.45) is -4.67. The highest BCUT2D eigenvalue weighted by Crippen LogP contribution is 2.35. The molecule has 3 aromatic rings. The second-order valence-electron chi connectivity index (χ2n) is 5.05. The van der Waals surface area contributed by atoms with E-state index in [4.69, 9.17) is 10.8 Å². The summed E-state index contributed by atoms with van der Waals surface area (Å²) in [4.78, 5) is 18.5. The molecule has 0 atom stereocenters. The average molecular weight is 333 g/mol. The monoisotopic (exact) mass is 333 g/mol. The predicted octanol–water partition coefficient (Wildman–Crippen LogP) is 3.60. The third kappa shape index (κ3) is 2.85.